The van der Waals surface area contributed by atoms with Gasteiger partial charge >= 0.3 is 0 Å². The Hall–Kier alpha value is -1.49. The highest BCUT2D eigenvalue weighted by molar-refractivity contribution is 5.48. The minimum absolute atomic E-state index is 0.283. The Kier molecular flexibility index (Phi) is 16.3. The maximum absolute atomic E-state index is 11.1. The fourth-order valence-corrected chi connectivity index (χ4v) is 2.60. The summed E-state index contributed by atoms with van der Waals surface area (Å²) in [6.45, 7) is 2.14. The Morgan fingerprint density at radius 2 is 1.44 bits per heavy atom. The number of carbonyl (C=O) groups is 1. The average molecular weight is 354 g/mol. The van der Waals surface area contributed by atoms with Gasteiger partial charge in [0, 0.05) is 17.8 Å². The van der Waals surface area contributed by atoms with E-state index in [0.717, 1.165) is 57.7 Å². The zero-order chi connectivity index (χ0) is 18.8. The molecule has 5 nitrogen and oxygen atoms in total. The molecule has 2 unspecified atom stereocenters. The topological polar surface area (TPSA) is 80.4 Å². The summed E-state index contributed by atoms with van der Waals surface area (Å²) >= 11 is 0. The molecule has 0 bridgehead atoms. The third kappa shape index (κ3) is 14.6. The summed E-state index contributed by atoms with van der Waals surface area (Å²) in [7, 11) is 0. The van der Waals surface area contributed by atoms with Crippen molar-refractivity contribution in [3.05, 3.63) is 34.4 Å². The number of nitro groups is 1. The lowest BCUT2D eigenvalue weighted by Crippen LogP contribution is -2.32. The second-order valence-corrected chi connectivity index (χ2v) is 6.49. The van der Waals surface area contributed by atoms with Crippen LogP contribution in [-0.2, 0) is 4.79 Å². The normalized spacial score (nSPS) is 14.2. The molecule has 0 aromatic heterocycles. The van der Waals surface area contributed by atoms with E-state index in [2.05, 4.69) is 6.92 Å². The molecule has 0 amide bonds. The molecule has 25 heavy (non-hydrogen) atoms. The van der Waals surface area contributed by atoms with Gasteiger partial charge < -0.3 is 9.90 Å². The third-order valence-electron chi connectivity index (χ3n) is 4.22. The van der Waals surface area contributed by atoms with Crippen molar-refractivity contribution in [3.8, 4) is 0 Å². The standard InChI is InChI=1S/C20H35NO4/c1-2-3-4-5-10-13-16-19(21(24)25)20(23)17-14-11-8-6-7-9-12-15-18-22/h10-11,13-14,18-20,23H,2-9,12,15-17H2,1H3/b13-10-,14-11-. The van der Waals surface area contributed by atoms with Crippen LogP contribution in [0.1, 0.15) is 84.0 Å². The highest BCUT2D eigenvalue weighted by atomic mass is 16.6. The second kappa shape index (κ2) is 17.3. The van der Waals surface area contributed by atoms with Crippen molar-refractivity contribution in [1.29, 1.82) is 0 Å². The van der Waals surface area contributed by atoms with Crippen LogP contribution >= 0.6 is 0 Å². The molecule has 0 aromatic rings. The van der Waals surface area contributed by atoms with Crippen molar-refractivity contribution in [2.75, 3.05) is 0 Å². The van der Waals surface area contributed by atoms with Gasteiger partial charge in [-0.05, 0) is 38.5 Å². The van der Waals surface area contributed by atoms with E-state index in [4.69, 9.17) is 0 Å². The van der Waals surface area contributed by atoms with Crippen molar-refractivity contribution < 1.29 is 14.8 Å². The third-order valence-corrected chi connectivity index (χ3v) is 4.22. The van der Waals surface area contributed by atoms with Crippen molar-refractivity contribution in [1.82, 2.24) is 0 Å². The number of aliphatic hydroxyl groups is 1. The van der Waals surface area contributed by atoms with Gasteiger partial charge in [0.2, 0.25) is 6.04 Å². The Labute approximate surface area is 152 Å². The number of unbranched alkanes of at least 4 members (excludes halogenated alkanes) is 8. The molecule has 0 rings (SSSR count). The first kappa shape index (κ1) is 23.5. The lowest BCUT2D eigenvalue weighted by Gasteiger charge is -2.12. The van der Waals surface area contributed by atoms with E-state index in [9.17, 15) is 20.0 Å². The molecule has 0 aromatic carbocycles. The number of aldehydes is 1. The van der Waals surface area contributed by atoms with E-state index < -0.39 is 12.1 Å². The van der Waals surface area contributed by atoms with Crippen LogP contribution in [0.15, 0.2) is 24.3 Å². The minimum Gasteiger partial charge on any atom is -0.386 e. The van der Waals surface area contributed by atoms with E-state index in [0.29, 0.717) is 12.8 Å². The number of allylic oxidation sites excluding steroid dienone is 2. The zero-order valence-corrected chi connectivity index (χ0v) is 15.6. The highest BCUT2D eigenvalue weighted by Gasteiger charge is 2.27. The predicted octanol–water partition coefficient (Wildman–Crippen LogP) is 5.01. The number of carbonyl (C=O) groups excluding carboxylic acids is 1. The zero-order valence-electron chi connectivity index (χ0n) is 15.6. The van der Waals surface area contributed by atoms with Crippen LogP contribution in [0.2, 0.25) is 0 Å². The van der Waals surface area contributed by atoms with E-state index in [1.807, 2.05) is 24.3 Å². The lowest BCUT2D eigenvalue weighted by atomic mass is 10.0. The molecule has 0 fully saturated rings. The number of rotatable bonds is 17. The first-order valence-electron chi connectivity index (χ1n) is 9.68. The van der Waals surface area contributed by atoms with Crippen LogP contribution in [0, 0.1) is 10.1 Å². The molecular formula is C20H35NO4. The predicted molar refractivity (Wildman–Crippen MR) is 102 cm³/mol. The number of hydrogen-bond acceptors (Lipinski definition) is 4. The van der Waals surface area contributed by atoms with Gasteiger partial charge in [-0.3, -0.25) is 10.1 Å². The molecule has 2 atom stereocenters. The van der Waals surface area contributed by atoms with E-state index >= 15 is 0 Å². The van der Waals surface area contributed by atoms with Crippen LogP contribution in [0.25, 0.3) is 0 Å². The summed E-state index contributed by atoms with van der Waals surface area (Å²) in [5, 5.41) is 21.2. The summed E-state index contributed by atoms with van der Waals surface area (Å²) in [6.07, 6.45) is 18.3. The van der Waals surface area contributed by atoms with Gasteiger partial charge in [-0.25, -0.2) is 0 Å². The summed E-state index contributed by atoms with van der Waals surface area (Å²) in [6, 6.07) is -0.935. The largest absolute Gasteiger partial charge is 0.386 e. The number of hydrogen-bond donors (Lipinski definition) is 1. The second-order valence-electron chi connectivity index (χ2n) is 6.49. The van der Waals surface area contributed by atoms with Gasteiger partial charge in [-0.1, -0.05) is 56.9 Å². The van der Waals surface area contributed by atoms with Crippen molar-refractivity contribution in [2.45, 2.75) is 96.1 Å². The minimum atomic E-state index is -0.945. The van der Waals surface area contributed by atoms with Gasteiger partial charge in [0.05, 0.1) is 0 Å². The quantitative estimate of drug-likeness (QED) is 0.131. The number of nitrogens with zero attached hydrogens (tertiary/aromatic N) is 1. The monoisotopic (exact) mass is 353 g/mol. The maximum atomic E-state index is 11.1. The van der Waals surface area contributed by atoms with Crippen molar-refractivity contribution >= 4 is 6.29 Å². The molecule has 0 saturated carbocycles. The van der Waals surface area contributed by atoms with Gasteiger partial charge in [-0.2, -0.15) is 0 Å². The molecule has 0 saturated heterocycles. The maximum Gasteiger partial charge on any atom is 0.242 e. The fourth-order valence-electron chi connectivity index (χ4n) is 2.60. The van der Waals surface area contributed by atoms with Crippen LogP contribution < -0.4 is 0 Å². The SMILES string of the molecule is CCCCC/C=C\CC(C(O)C/C=C\CCCCCCC=O)[N+](=O)[O-]. The summed E-state index contributed by atoms with van der Waals surface area (Å²) in [5.41, 5.74) is 0. The van der Waals surface area contributed by atoms with E-state index in [-0.39, 0.29) is 11.3 Å². The first-order valence-corrected chi connectivity index (χ1v) is 9.68. The Bertz CT molecular complexity index is 393. The molecule has 0 radical (unpaired) electrons. The summed E-state index contributed by atoms with van der Waals surface area (Å²) < 4.78 is 0. The summed E-state index contributed by atoms with van der Waals surface area (Å²) in [4.78, 5) is 20.9. The van der Waals surface area contributed by atoms with Gasteiger partial charge in [0.15, 0.2) is 0 Å². The van der Waals surface area contributed by atoms with Crippen molar-refractivity contribution in [3.63, 3.8) is 0 Å². The van der Waals surface area contributed by atoms with Crippen molar-refractivity contribution in [2.24, 2.45) is 0 Å². The molecule has 144 valence electrons. The molecular weight excluding hydrogens is 318 g/mol. The molecule has 0 aliphatic rings. The van der Waals surface area contributed by atoms with Crippen LogP contribution in [0.3, 0.4) is 0 Å². The van der Waals surface area contributed by atoms with Gasteiger partial charge in [-0.15, -0.1) is 0 Å². The lowest BCUT2D eigenvalue weighted by molar-refractivity contribution is -0.533. The smallest absolute Gasteiger partial charge is 0.242 e. The van der Waals surface area contributed by atoms with Crippen LogP contribution in [-0.4, -0.2) is 28.5 Å². The molecule has 1 N–H and O–H groups in total. The van der Waals surface area contributed by atoms with Gasteiger partial charge in [0.1, 0.15) is 12.4 Å². The molecule has 0 spiro atoms. The molecule has 5 heteroatoms. The first-order chi connectivity index (χ1) is 12.1. The van der Waals surface area contributed by atoms with Gasteiger partial charge in [0.25, 0.3) is 0 Å². The molecule has 0 heterocycles. The fraction of sp³-hybridized carbons (Fsp3) is 0.750. The Morgan fingerprint density at radius 1 is 0.880 bits per heavy atom. The molecule has 0 aliphatic heterocycles. The van der Waals surface area contributed by atoms with Crippen LogP contribution in [0.4, 0.5) is 0 Å². The van der Waals surface area contributed by atoms with E-state index in [1.54, 1.807) is 0 Å². The molecule has 0 aliphatic carbocycles. The number of aliphatic hydroxyl groups excluding tert-OH is 1. The average Bonchev–Trinajstić information content (AvgIpc) is 2.59. The van der Waals surface area contributed by atoms with E-state index in [1.165, 1.54) is 6.42 Å². The summed E-state index contributed by atoms with van der Waals surface area (Å²) in [5.74, 6) is 0. The highest BCUT2D eigenvalue weighted by Crippen LogP contribution is 2.11. The Balaban J connectivity index is 3.95. The Morgan fingerprint density at radius 3 is 2.00 bits per heavy atom. The van der Waals surface area contributed by atoms with Crippen LogP contribution in [0.5, 0.6) is 0 Å².